The molecule has 27 heavy (non-hydrogen) atoms. The van der Waals surface area contributed by atoms with Crippen LogP contribution in [0.25, 0.3) is 0 Å². The highest BCUT2D eigenvalue weighted by Gasteiger charge is 2.79. The van der Waals surface area contributed by atoms with Gasteiger partial charge in [0.2, 0.25) is 0 Å². The first-order valence-corrected chi connectivity index (χ1v) is 8.62. The van der Waals surface area contributed by atoms with Crippen LogP contribution < -0.4 is 0 Å². The summed E-state index contributed by atoms with van der Waals surface area (Å²) in [6.45, 7) is 4.35. The van der Waals surface area contributed by atoms with Crippen molar-refractivity contribution in [3.8, 4) is 0 Å². The third-order valence-electron chi connectivity index (χ3n) is 5.94. The molecule has 0 aromatic heterocycles. The summed E-state index contributed by atoms with van der Waals surface area (Å²) in [5, 5.41) is 10.0. The third kappa shape index (κ3) is 3.07. The Hall–Kier alpha value is -1.51. The van der Waals surface area contributed by atoms with Gasteiger partial charge in [0.25, 0.3) is 5.60 Å². The maximum Gasteiger partial charge on any atom is 0.430 e. The average molecular weight is 398 g/mol. The second-order valence-electron chi connectivity index (χ2n) is 8.15. The van der Waals surface area contributed by atoms with E-state index in [-0.39, 0.29) is 30.3 Å². The molecule has 1 N–H and O–H groups in total. The molecule has 0 aliphatic heterocycles. The molecule has 4 aliphatic rings. The molecule has 4 aliphatic carbocycles. The zero-order valence-electron chi connectivity index (χ0n) is 14.6. The fourth-order valence-corrected chi connectivity index (χ4v) is 5.15. The molecule has 2 fully saturated rings. The summed E-state index contributed by atoms with van der Waals surface area (Å²) >= 11 is 0. The number of ether oxygens (including phenoxy) is 1. The van der Waals surface area contributed by atoms with Crippen molar-refractivity contribution in [1.29, 1.82) is 0 Å². The van der Waals surface area contributed by atoms with Gasteiger partial charge in [0, 0.05) is 11.0 Å². The van der Waals surface area contributed by atoms with E-state index >= 15 is 0 Å². The van der Waals surface area contributed by atoms with Crippen LogP contribution in [0.3, 0.4) is 0 Å². The minimum atomic E-state index is -6.08. The lowest BCUT2D eigenvalue weighted by Crippen LogP contribution is -2.70. The highest BCUT2D eigenvalue weighted by molar-refractivity contribution is 5.87. The first-order chi connectivity index (χ1) is 12.2. The summed E-state index contributed by atoms with van der Waals surface area (Å²) in [6.07, 6.45) is -11.6. The molecule has 152 valence electrons. The van der Waals surface area contributed by atoms with Gasteiger partial charge in [-0.15, -0.1) is 0 Å². The monoisotopic (exact) mass is 398 g/mol. The molecule has 0 aromatic carbocycles. The van der Waals surface area contributed by atoms with Crippen LogP contribution in [-0.2, 0) is 9.53 Å². The number of hydrogen-bond acceptors (Lipinski definition) is 3. The fourth-order valence-electron chi connectivity index (χ4n) is 5.15. The van der Waals surface area contributed by atoms with Gasteiger partial charge >= 0.3 is 18.3 Å². The van der Waals surface area contributed by atoms with Gasteiger partial charge in [0.15, 0.2) is 6.10 Å². The predicted octanol–water partition coefficient (Wildman–Crippen LogP) is 4.47. The molecule has 2 saturated carbocycles. The Balaban J connectivity index is 2.16. The smallest absolute Gasteiger partial charge is 0.430 e. The standard InChI is InChI=1S/C18H20F6O3/c1-9(2)13(25)27-14(16(26,17(19,20)21)18(22,23)24)15-6-10-3-11(7-15)5-12(4-10)8-15/h6,11-12,14,26H,1,3-5,7-8H2,2H3. The lowest BCUT2D eigenvalue weighted by Gasteiger charge is -2.56. The lowest BCUT2D eigenvalue weighted by atomic mass is 9.51. The Morgan fingerprint density at radius 2 is 1.67 bits per heavy atom. The quantitative estimate of drug-likeness (QED) is 0.329. The van der Waals surface area contributed by atoms with Crippen molar-refractivity contribution >= 4 is 5.97 Å². The van der Waals surface area contributed by atoms with Crippen LogP contribution in [0.15, 0.2) is 23.8 Å². The number of rotatable bonds is 4. The number of hydrogen-bond donors (Lipinski definition) is 1. The van der Waals surface area contributed by atoms with E-state index in [9.17, 15) is 36.2 Å². The molecule has 0 amide bonds. The van der Waals surface area contributed by atoms with Crippen LogP contribution in [0.1, 0.15) is 39.0 Å². The first-order valence-electron chi connectivity index (χ1n) is 8.62. The molecule has 9 heteroatoms. The maximum atomic E-state index is 13.6. The molecule has 4 rings (SSSR count). The van der Waals surface area contributed by atoms with Crippen LogP contribution in [0.2, 0.25) is 0 Å². The highest BCUT2D eigenvalue weighted by atomic mass is 19.4. The fraction of sp³-hybridized carbons (Fsp3) is 0.722. The largest absolute Gasteiger partial charge is 0.454 e. The van der Waals surface area contributed by atoms with Crippen molar-refractivity contribution in [2.45, 2.75) is 63.1 Å². The summed E-state index contributed by atoms with van der Waals surface area (Å²) in [5.74, 6) is -1.54. The van der Waals surface area contributed by atoms with Gasteiger partial charge in [-0.3, -0.25) is 0 Å². The number of alkyl halides is 6. The van der Waals surface area contributed by atoms with Crippen molar-refractivity contribution in [3.63, 3.8) is 0 Å². The van der Waals surface area contributed by atoms with Gasteiger partial charge in [0.1, 0.15) is 0 Å². The second kappa shape index (κ2) is 5.99. The zero-order chi connectivity index (χ0) is 20.4. The van der Waals surface area contributed by atoms with Gasteiger partial charge in [-0.2, -0.15) is 26.3 Å². The van der Waals surface area contributed by atoms with E-state index in [0.717, 1.165) is 18.9 Å². The Morgan fingerprint density at radius 1 is 1.19 bits per heavy atom. The molecule has 0 radical (unpaired) electrons. The molecule has 3 atom stereocenters. The van der Waals surface area contributed by atoms with Gasteiger partial charge in [0.05, 0.1) is 0 Å². The van der Waals surface area contributed by atoms with E-state index in [0.29, 0.717) is 12.8 Å². The van der Waals surface area contributed by atoms with Crippen molar-refractivity contribution in [2.24, 2.45) is 17.3 Å². The maximum absolute atomic E-state index is 13.6. The van der Waals surface area contributed by atoms with Gasteiger partial charge in [-0.1, -0.05) is 18.2 Å². The number of allylic oxidation sites excluding steroid dienone is 1. The topological polar surface area (TPSA) is 46.5 Å². The van der Waals surface area contributed by atoms with Crippen LogP contribution >= 0.6 is 0 Å². The Labute approximate surface area is 152 Å². The van der Waals surface area contributed by atoms with Crippen LogP contribution in [0.5, 0.6) is 0 Å². The molecular formula is C18H20F6O3. The van der Waals surface area contributed by atoms with E-state index in [1.807, 2.05) is 0 Å². The number of esters is 1. The van der Waals surface area contributed by atoms with Crippen molar-refractivity contribution in [1.82, 2.24) is 0 Å². The summed E-state index contributed by atoms with van der Waals surface area (Å²) < 4.78 is 86.2. The molecule has 0 spiro atoms. The van der Waals surface area contributed by atoms with Crippen molar-refractivity contribution in [3.05, 3.63) is 23.8 Å². The Morgan fingerprint density at radius 3 is 2.04 bits per heavy atom. The molecule has 3 unspecified atom stereocenters. The van der Waals surface area contributed by atoms with Crippen molar-refractivity contribution < 1.29 is 41.0 Å². The first kappa shape index (κ1) is 20.2. The molecule has 0 heterocycles. The van der Waals surface area contributed by atoms with E-state index in [1.165, 1.54) is 6.08 Å². The van der Waals surface area contributed by atoms with E-state index < -0.39 is 35.4 Å². The molecular weight excluding hydrogens is 378 g/mol. The average Bonchev–Trinajstić information content (AvgIpc) is 2.47. The SMILES string of the molecule is C=C(C)C(=O)OC(C12C=C3CC(CC(C3)C1)C2)C(O)(C(F)(F)F)C(F)(F)F. The minimum absolute atomic E-state index is 0.00953. The summed E-state index contributed by atoms with van der Waals surface area (Å²) in [6, 6.07) is 0. The molecule has 4 bridgehead atoms. The van der Waals surface area contributed by atoms with E-state index in [4.69, 9.17) is 4.74 Å². The minimum Gasteiger partial charge on any atom is -0.454 e. The van der Waals surface area contributed by atoms with Crippen LogP contribution in [-0.4, -0.2) is 35.1 Å². The lowest BCUT2D eigenvalue weighted by molar-refractivity contribution is -0.401. The van der Waals surface area contributed by atoms with Gasteiger partial charge < -0.3 is 9.84 Å². The Bertz CT molecular complexity index is 660. The van der Waals surface area contributed by atoms with E-state index in [1.54, 1.807) is 0 Å². The van der Waals surface area contributed by atoms with E-state index in [2.05, 4.69) is 6.58 Å². The summed E-state index contributed by atoms with van der Waals surface area (Å²) in [7, 11) is 0. The van der Waals surface area contributed by atoms with Crippen LogP contribution in [0, 0.1) is 17.3 Å². The molecule has 3 nitrogen and oxygen atoms in total. The van der Waals surface area contributed by atoms with Gasteiger partial charge in [-0.25, -0.2) is 4.79 Å². The van der Waals surface area contributed by atoms with Gasteiger partial charge in [-0.05, 0) is 50.9 Å². The zero-order valence-corrected chi connectivity index (χ0v) is 14.6. The Kier molecular flexibility index (Phi) is 4.49. The van der Waals surface area contributed by atoms with Crippen LogP contribution in [0.4, 0.5) is 26.3 Å². The molecule has 0 saturated heterocycles. The highest BCUT2D eigenvalue weighted by Crippen LogP contribution is 2.62. The normalized spacial score (nSPS) is 31.5. The number of carbonyl (C=O) groups excluding carboxylic acids is 1. The van der Waals surface area contributed by atoms with Crippen molar-refractivity contribution in [2.75, 3.05) is 0 Å². The molecule has 0 aromatic rings. The summed E-state index contributed by atoms with van der Waals surface area (Å²) in [5.41, 5.74) is -6.45. The second-order valence-corrected chi connectivity index (χ2v) is 8.15. The predicted molar refractivity (Wildman–Crippen MR) is 82.3 cm³/mol. The number of carbonyl (C=O) groups is 1. The third-order valence-corrected chi connectivity index (χ3v) is 5.94. The number of halogens is 6. The summed E-state index contributed by atoms with van der Waals surface area (Å²) in [4.78, 5) is 12.0. The number of aliphatic hydroxyl groups is 1.